The van der Waals surface area contributed by atoms with E-state index in [1.165, 1.54) is 0 Å². The van der Waals surface area contributed by atoms with E-state index in [2.05, 4.69) is 5.16 Å². The van der Waals surface area contributed by atoms with Crippen molar-refractivity contribution in [2.24, 2.45) is 0 Å². The Hall–Kier alpha value is -2.10. The molecule has 1 aromatic carbocycles. The van der Waals surface area contributed by atoms with Crippen molar-refractivity contribution in [2.45, 2.75) is 6.92 Å². The van der Waals surface area contributed by atoms with Crippen LogP contribution in [0.3, 0.4) is 0 Å². The Kier molecular flexibility index (Phi) is 2.25. The second-order valence-corrected chi connectivity index (χ2v) is 3.16. The van der Waals surface area contributed by atoms with Crippen LogP contribution in [0.15, 0.2) is 34.9 Å². The quantitative estimate of drug-likeness (QED) is 0.813. The van der Waals surface area contributed by atoms with Crippen molar-refractivity contribution in [2.75, 3.05) is 0 Å². The van der Waals surface area contributed by atoms with Crippen LogP contribution in [0.1, 0.15) is 16.1 Å². The minimum atomic E-state index is -1.07. The highest BCUT2D eigenvalue weighted by molar-refractivity contribution is 5.88. The molecule has 2 aromatic rings. The number of rotatable bonds is 2. The topological polar surface area (TPSA) is 63.3 Å². The first-order chi connectivity index (χ1) is 7.20. The van der Waals surface area contributed by atoms with Crippen LogP contribution in [0.25, 0.3) is 11.3 Å². The molecule has 0 aliphatic rings. The Balaban J connectivity index is 2.52. The zero-order valence-corrected chi connectivity index (χ0v) is 8.10. The molecule has 0 saturated carbocycles. The lowest BCUT2D eigenvalue weighted by atomic mass is 10.1. The molecule has 15 heavy (non-hydrogen) atoms. The summed E-state index contributed by atoms with van der Waals surface area (Å²) in [6, 6.07) is 9.29. The van der Waals surface area contributed by atoms with Crippen molar-refractivity contribution < 1.29 is 14.4 Å². The molecule has 76 valence electrons. The van der Waals surface area contributed by atoms with Gasteiger partial charge in [0.05, 0.1) is 0 Å². The van der Waals surface area contributed by atoms with Crippen LogP contribution in [0.5, 0.6) is 0 Å². The fraction of sp³-hybridized carbons (Fsp3) is 0.0909. The molecule has 1 N–H and O–H groups in total. The minimum Gasteiger partial charge on any atom is -0.476 e. The van der Waals surface area contributed by atoms with Gasteiger partial charge in [-0.3, -0.25) is 0 Å². The number of nitrogens with zero attached hydrogens (tertiary/aromatic N) is 1. The summed E-state index contributed by atoms with van der Waals surface area (Å²) in [5.41, 5.74) is 1.34. The van der Waals surface area contributed by atoms with Crippen LogP contribution in [0.4, 0.5) is 0 Å². The van der Waals surface area contributed by atoms with Gasteiger partial charge in [-0.05, 0) is 6.92 Å². The van der Waals surface area contributed by atoms with Gasteiger partial charge >= 0.3 is 5.97 Å². The molecule has 2 rings (SSSR count). The van der Waals surface area contributed by atoms with E-state index < -0.39 is 5.97 Å². The van der Waals surface area contributed by atoms with Gasteiger partial charge < -0.3 is 9.63 Å². The summed E-state index contributed by atoms with van der Waals surface area (Å²) < 4.78 is 5.01. The van der Waals surface area contributed by atoms with Crippen molar-refractivity contribution in [3.63, 3.8) is 0 Å². The molecule has 0 bridgehead atoms. The molecule has 0 amide bonds. The zero-order valence-electron chi connectivity index (χ0n) is 8.10. The standard InChI is InChI=1S/C11H9NO3/c1-7-9(11(13)14)12-15-10(7)8-5-3-2-4-6-8/h2-6H,1H3,(H,13,14). The summed E-state index contributed by atoms with van der Waals surface area (Å²) in [7, 11) is 0. The summed E-state index contributed by atoms with van der Waals surface area (Å²) in [5.74, 6) is -0.563. The number of aromatic carboxylic acids is 1. The van der Waals surface area contributed by atoms with Crippen LogP contribution in [0, 0.1) is 6.92 Å². The lowest BCUT2D eigenvalue weighted by Gasteiger charge is -1.95. The fourth-order valence-electron chi connectivity index (χ4n) is 1.39. The molecular weight excluding hydrogens is 194 g/mol. The van der Waals surface area contributed by atoms with Crippen molar-refractivity contribution in [1.29, 1.82) is 0 Å². The zero-order chi connectivity index (χ0) is 10.8. The van der Waals surface area contributed by atoms with Crippen LogP contribution < -0.4 is 0 Å². The number of carbonyl (C=O) groups is 1. The molecule has 0 unspecified atom stereocenters. The maximum Gasteiger partial charge on any atom is 0.358 e. The van der Waals surface area contributed by atoms with Crippen LogP contribution in [-0.2, 0) is 0 Å². The summed E-state index contributed by atoms with van der Waals surface area (Å²) >= 11 is 0. The van der Waals surface area contributed by atoms with E-state index in [-0.39, 0.29) is 5.69 Å². The van der Waals surface area contributed by atoms with Gasteiger partial charge in [0.1, 0.15) is 0 Å². The fourth-order valence-corrected chi connectivity index (χ4v) is 1.39. The molecule has 1 heterocycles. The van der Waals surface area contributed by atoms with E-state index in [4.69, 9.17) is 9.63 Å². The normalized spacial score (nSPS) is 10.2. The Labute approximate surface area is 86.1 Å². The second-order valence-electron chi connectivity index (χ2n) is 3.16. The molecule has 4 nitrogen and oxygen atoms in total. The highest BCUT2D eigenvalue weighted by Gasteiger charge is 2.18. The van der Waals surface area contributed by atoms with Gasteiger partial charge in [-0.15, -0.1) is 0 Å². The molecular formula is C11H9NO3. The monoisotopic (exact) mass is 203 g/mol. The molecule has 4 heteroatoms. The van der Waals surface area contributed by atoms with Crippen LogP contribution in [0.2, 0.25) is 0 Å². The number of hydrogen-bond donors (Lipinski definition) is 1. The van der Waals surface area contributed by atoms with Gasteiger partial charge in [-0.2, -0.15) is 0 Å². The van der Waals surface area contributed by atoms with Gasteiger partial charge in [0.2, 0.25) is 0 Å². The predicted molar refractivity (Wildman–Crippen MR) is 53.6 cm³/mol. The van der Waals surface area contributed by atoms with Crippen molar-refractivity contribution in [3.8, 4) is 11.3 Å². The van der Waals surface area contributed by atoms with E-state index >= 15 is 0 Å². The lowest BCUT2D eigenvalue weighted by molar-refractivity contribution is 0.0685. The Morgan fingerprint density at radius 3 is 2.53 bits per heavy atom. The van der Waals surface area contributed by atoms with Crippen LogP contribution in [-0.4, -0.2) is 16.2 Å². The number of benzene rings is 1. The van der Waals surface area contributed by atoms with Crippen molar-refractivity contribution >= 4 is 5.97 Å². The first kappa shape index (κ1) is 9.45. The first-order valence-corrected chi connectivity index (χ1v) is 4.45. The summed E-state index contributed by atoms with van der Waals surface area (Å²) in [4.78, 5) is 10.7. The van der Waals surface area contributed by atoms with Gasteiger partial charge in [0.25, 0.3) is 0 Å². The second kappa shape index (κ2) is 3.57. The molecule has 0 aliphatic heterocycles. The number of hydrogen-bond acceptors (Lipinski definition) is 3. The Morgan fingerprint density at radius 2 is 2.00 bits per heavy atom. The molecule has 0 spiro atoms. The maximum atomic E-state index is 10.7. The summed E-state index contributed by atoms with van der Waals surface area (Å²) in [5, 5.41) is 12.3. The van der Waals surface area contributed by atoms with Crippen LogP contribution >= 0.6 is 0 Å². The van der Waals surface area contributed by atoms with E-state index in [0.717, 1.165) is 5.56 Å². The molecule has 0 aliphatic carbocycles. The van der Waals surface area contributed by atoms with Gasteiger partial charge in [0, 0.05) is 11.1 Å². The average molecular weight is 203 g/mol. The highest BCUT2D eigenvalue weighted by Crippen LogP contribution is 2.25. The number of aromatic nitrogens is 1. The Bertz CT molecular complexity index is 488. The third-order valence-corrected chi connectivity index (χ3v) is 2.16. The third kappa shape index (κ3) is 1.61. The number of carboxylic acids is 1. The maximum absolute atomic E-state index is 10.7. The van der Waals surface area contributed by atoms with E-state index in [1.807, 2.05) is 30.3 Å². The molecule has 0 fully saturated rings. The van der Waals surface area contributed by atoms with Gasteiger partial charge in [-0.25, -0.2) is 4.79 Å². The van der Waals surface area contributed by atoms with E-state index in [9.17, 15) is 4.79 Å². The molecule has 0 saturated heterocycles. The van der Waals surface area contributed by atoms with Gasteiger partial charge in [0.15, 0.2) is 11.5 Å². The van der Waals surface area contributed by atoms with Gasteiger partial charge in [-0.1, -0.05) is 35.5 Å². The van der Waals surface area contributed by atoms with E-state index in [1.54, 1.807) is 6.92 Å². The SMILES string of the molecule is Cc1c(C(=O)O)noc1-c1ccccc1. The number of carboxylic acid groups (broad SMARTS) is 1. The average Bonchev–Trinajstić information content (AvgIpc) is 2.61. The third-order valence-electron chi connectivity index (χ3n) is 2.16. The molecule has 0 radical (unpaired) electrons. The van der Waals surface area contributed by atoms with E-state index in [0.29, 0.717) is 11.3 Å². The molecule has 1 aromatic heterocycles. The highest BCUT2D eigenvalue weighted by atomic mass is 16.5. The summed E-state index contributed by atoms with van der Waals surface area (Å²) in [6.07, 6.45) is 0. The Morgan fingerprint density at radius 1 is 1.33 bits per heavy atom. The summed E-state index contributed by atoms with van der Waals surface area (Å²) in [6.45, 7) is 1.68. The largest absolute Gasteiger partial charge is 0.476 e. The van der Waals surface area contributed by atoms with Crippen molar-refractivity contribution in [1.82, 2.24) is 5.16 Å². The smallest absolute Gasteiger partial charge is 0.358 e. The molecule has 0 atom stereocenters. The van der Waals surface area contributed by atoms with Crippen molar-refractivity contribution in [3.05, 3.63) is 41.6 Å². The first-order valence-electron chi connectivity index (χ1n) is 4.45. The minimum absolute atomic E-state index is 0.0335. The predicted octanol–water partition coefficient (Wildman–Crippen LogP) is 2.35. The lowest BCUT2D eigenvalue weighted by Crippen LogP contribution is -1.98.